The van der Waals surface area contributed by atoms with Crippen LogP contribution in [0.4, 0.5) is 10.1 Å². The molecule has 2 aromatic rings. The number of nitrogens with zero attached hydrogens (tertiary/aromatic N) is 2. The Hall–Kier alpha value is -1.96. The molecule has 1 saturated heterocycles. The zero-order valence-corrected chi connectivity index (χ0v) is 15.5. The van der Waals surface area contributed by atoms with Crippen LogP contribution in [0.5, 0.6) is 0 Å². The molecule has 1 N–H and O–H groups in total. The van der Waals surface area contributed by atoms with Crippen LogP contribution < -0.4 is 9.62 Å². The van der Waals surface area contributed by atoms with E-state index in [0.29, 0.717) is 6.54 Å². The van der Waals surface area contributed by atoms with Gasteiger partial charge in [0.2, 0.25) is 10.0 Å². The van der Waals surface area contributed by atoms with E-state index in [0.717, 1.165) is 51.3 Å². The van der Waals surface area contributed by atoms with E-state index >= 15 is 0 Å². The number of rotatable bonds is 7. The summed E-state index contributed by atoms with van der Waals surface area (Å²) in [7, 11) is -3.57. The first-order valence-corrected chi connectivity index (χ1v) is 10.3. The molecule has 0 aliphatic carbocycles. The first kappa shape index (κ1) is 18.8. The molecule has 0 amide bonds. The number of benzene rings is 2. The average Bonchev–Trinajstić information content (AvgIpc) is 2.67. The molecular weight excluding hydrogens is 353 g/mol. The zero-order valence-electron chi connectivity index (χ0n) is 14.6. The van der Waals surface area contributed by atoms with E-state index in [4.69, 9.17) is 0 Å². The fraction of sp³-hybridized carbons (Fsp3) is 0.368. The lowest BCUT2D eigenvalue weighted by atomic mass is 10.2. The molecule has 1 aliphatic heterocycles. The van der Waals surface area contributed by atoms with Gasteiger partial charge in [0.15, 0.2) is 0 Å². The van der Waals surface area contributed by atoms with Crippen molar-refractivity contribution in [3.05, 3.63) is 60.4 Å². The van der Waals surface area contributed by atoms with Crippen LogP contribution in [0.2, 0.25) is 0 Å². The minimum absolute atomic E-state index is 0.0929. The molecule has 5 nitrogen and oxygen atoms in total. The molecule has 0 atom stereocenters. The third kappa shape index (κ3) is 5.03. The summed E-state index contributed by atoms with van der Waals surface area (Å²) in [6.07, 6.45) is 0.742. The molecule has 0 spiro atoms. The van der Waals surface area contributed by atoms with Crippen LogP contribution in [0.25, 0.3) is 0 Å². The minimum atomic E-state index is -3.57. The number of nitrogens with one attached hydrogen (secondary N) is 1. The second-order valence-electron chi connectivity index (χ2n) is 6.37. The highest BCUT2D eigenvalue weighted by molar-refractivity contribution is 7.89. The Bertz CT molecular complexity index is 789. The topological polar surface area (TPSA) is 52.7 Å². The highest BCUT2D eigenvalue weighted by atomic mass is 32.2. The Labute approximate surface area is 154 Å². The summed E-state index contributed by atoms with van der Waals surface area (Å²) in [5, 5.41) is 0. The van der Waals surface area contributed by atoms with E-state index in [1.165, 1.54) is 17.8 Å². The van der Waals surface area contributed by atoms with Crippen molar-refractivity contribution in [3.63, 3.8) is 0 Å². The average molecular weight is 377 g/mol. The molecule has 0 unspecified atom stereocenters. The predicted molar refractivity (Wildman–Crippen MR) is 101 cm³/mol. The third-order valence-corrected chi connectivity index (χ3v) is 6.04. The lowest BCUT2D eigenvalue weighted by Crippen LogP contribution is -2.47. The van der Waals surface area contributed by atoms with Gasteiger partial charge in [0, 0.05) is 38.4 Å². The van der Waals surface area contributed by atoms with Gasteiger partial charge in [-0.3, -0.25) is 4.90 Å². The number of hydrogen-bond donors (Lipinski definition) is 1. The maximum atomic E-state index is 12.9. The Morgan fingerprint density at radius 3 is 2.23 bits per heavy atom. The molecule has 1 aliphatic rings. The number of hydrogen-bond acceptors (Lipinski definition) is 4. The van der Waals surface area contributed by atoms with Crippen molar-refractivity contribution in [1.29, 1.82) is 0 Å². The van der Waals surface area contributed by atoms with Gasteiger partial charge >= 0.3 is 0 Å². The standard InChI is InChI=1S/C19H24FN3O2S/c20-17-7-9-19(10-8-17)26(24,25)21-11-4-12-22-13-15-23(16-14-22)18-5-2-1-3-6-18/h1-3,5-10,21H,4,11-16H2. The fourth-order valence-corrected chi connectivity index (χ4v) is 4.15. The predicted octanol–water partition coefficient (Wildman–Crippen LogP) is 2.32. The van der Waals surface area contributed by atoms with Gasteiger partial charge in [0.05, 0.1) is 4.90 Å². The summed E-state index contributed by atoms with van der Waals surface area (Å²) < 4.78 is 39.8. The Kier molecular flexibility index (Phi) is 6.24. The van der Waals surface area contributed by atoms with E-state index < -0.39 is 15.8 Å². The number of sulfonamides is 1. The van der Waals surface area contributed by atoms with Gasteiger partial charge in [0.1, 0.15) is 5.82 Å². The van der Waals surface area contributed by atoms with Crippen molar-refractivity contribution in [3.8, 4) is 0 Å². The fourth-order valence-electron chi connectivity index (χ4n) is 3.07. The van der Waals surface area contributed by atoms with Gasteiger partial charge in [-0.25, -0.2) is 17.5 Å². The minimum Gasteiger partial charge on any atom is -0.369 e. The van der Waals surface area contributed by atoms with E-state index in [2.05, 4.69) is 38.8 Å². The lowest BCUT2D eigenvalue weighted by molar-refractivity contribution is 0.255. The summed E-state index contributed by atoms with van der Waals surface area (Å²) >= 11 is 0. The molecule has 7 heteroatoms. The zero-order chi connectivity index (χ0) is 18.4. The SMILES string of the molecule is O=S(=O)(NCCCN1CCN(c2ccccc2)CC1)c1ccc(F)cc1. The number of piperazine rings is 1. The molecule has 0 radical (unpaired) electrons. The first-order chi connectivity index (χ1) is 12.5. The summed E-state index contributed by atoms with van der Waals surface area (Å²) in [6.45, 7) is 5.13. The van der Waals surface area contributed by atoms with Crippen LogP contribution in [0.1, 0.15) is 6.42 Å². The van der Waals surface area contributed by atoms with Crippen LogP contribution in [-0.4, -0.2) is 52.6 Å². The van der Waals surface area contributed by atoms with E-state index in [-0.39, 0.29) is 4.90 Å². The summed E-state index contributed by atoms with van der Waals surface area (Å²) in [5.41, 5.74) is 1.25. The summed E-state index contributed by atoms with van der Waals surface area (Å²) in [5.74, 6) is -0.446. The first-order valence-electron chi connectivity index (χ1n) is 8.82. The lowest BCUT2D eigenvalue weighted by Gasteiger charge is -2.36. The molecule has 0 bridgehead atoms. The van der Waals surface area contributed by atoms with Gasteiger partial charge in [-0.2, -0.15) is 0 Å². The van der Waals surface area contributed by atoms with Crippen molar-refractivity contribution in [2.45, 2.75) is 11.3 Å². The highest BCUT2D eigenvalue weighted by Crippen LogP contribution is 2.15. The Morgan fingerprint density at radius 2 is 1.58 bits per heavy atom. The van der Waals surface area contributed by atoms with Crippen molar-refractivity contribution < 1.29 is 12.8 Å². The van der Waals surface area contributed by atoms with Gasteiger partial charge in [0.25, 0.3) is 0 Å². The normalized spacial score (nSPS) is 16.0. The second-order valence-corrected chi connectivity index (χ2v) is 8.14. The molecule has 1 fully saturated rings. The number of anilines is 1. The van der Waals surface area contributed by atoms with Crippen molar-refractivity contribution >= 4 is 15.7 Å². The van der Waals surface area contributed by atoms with Crippen LogP contribution in [0, 0.1) is 5.82 Å². The molecule has 0 aromatic heterocycles. The van der Waals surface area contributed by atoms with Crippen LogP contribution >= 0.6 is 0 Å². The molecular formula is C19H24FN3O2S. The third-order valence-electron chi connectivity index (χ3n) is 4.56. The molecule has 2 aromatic carbocycles. The van der Waals surface area contributed by atoms with Gasteiger partial charge < -0.3 is 4.90 Å². The molecule has 140 valence electrons. The maximum absolute atomic E-state index is 12.9. The number of halogens is 1. The summed E-state index contributed by atoms with van der Waals surface area (Å²) in [6, 6.07) is 15.2. The summed E-state index contributed by atoms with van der Waals surface area (Å²) in [4.78, 5) is 4.81. The van der Waals surface area contributed by atoms with Crippen molar-refractivity contribution in [2.75, 3.05) is 44.2 Å². The van der Waals surface area contributed by atoms with Crippen LogP contribution in [0.3, 0.4) is 0 Å². The largest absolute Gasteiger partial charge is 0.369 e. The van der Waals surface area contributed by atoms with Gasteiger partial charge in [-0.15, -0.1) is 0 Å². The monoisotopic (exact) mass is 377 g/mol. The second kappa shape index (κ2) is 8.62. The molecule has 1 heterocycles. The van der Waals surface area contributed by atoms with Crippen molar-refractivity contribution in [1.82, 2.24) is 9.62 Å². The van der Waals surface area contributed by atoms with Gasteiger partial charge in [-0.05, 0) is 49.4 Å². The number of para-hydroxylation sites is 1. The smallest absolute Gasteiger partial charge is 0.240 e. The van der Waals surface area contributed by atoms with Crippen LogP contribution in [0.15, 0.2) is 59.5 Å². The Balaban J connectivity index is 1.39. The van der Waals surface area contributed by atoms with Crippen LogP contribution in [-0.2, 0) is 10.0 Å². The Morgan fingerprint density at radius 1 is 0.923 bits per heavy atom. The maximum Gasteiger partial charge on any atom is 0.240 e. The van der Waals surface area contributed by atoms with Gasteiger partial charge in [-0.1, -0.05) is 18.2 Å². The quantitative estimate of drug-likeness (QED) is 0.753. The molecule has 0 saturated carbocycles. The van der Waals surface area contributed by atoms with E-state index in [1.807, 2.05) is 6.07 Å². The molecule has 3 rings (SSSR count). The molecule has 26 heavy (non-hydrogen) atoms. The highest BCUT2D eigenvalue weighted by Gasteiger charge is 2.17. The van der Waals surface area contributed by atoms with E-state index in [1.54, 1.807) is 0 Å². The van der Waals surface area contributed by atoms with E-state index in [9.17, 15) is 12.8 Å². The van der Waals surface area contributed by atoms with Crippen molar-refractivity contribution in [2.24, 2.45) is 0 Å².